The second-order valence-electron chi connectivity index (χ2n) is 4.81. The summed E-state index contributed by atoms with van der Waals surface area (Å²) in [5.74, 6) is 0.419. The predicted octanol–water partition coefficient (Wildman–Crippen LogP) is 2.65. The van der Waals surface area contributed by atoms with Gasteiger partial charge in [0.05, 0.1) is 12.8 Å². The number of thioether (sulfide) groups is 1. The first kappa shape index (κ1) is 16.0. The first-order valence-electron chi connectivity index (χ1n) is 7.09. The van der Waals surface area contributed by atoms with Gasteiger partial charge in [0, 0.05) is 11.3 Å². The van der Waals surface area contributed by atoms with E-state index in [1.165, 1.54) is 11.8 Å². The molecule has 0 fully saturated rings. The SMILES string of the molecule is COc1cccc(C(=O)Nc2cccc(-n3nnnc3SC)c2)c1. The largest absolute Gasteiger partial charge is 0.497 e. The molecule has 0 spiro atoms. The Morgan fingerprint density at radius 3 is 2.83 bits per heavy atom. The van der Waals surface area contributed by atoms with E-state index < -0.39 is 0 Å². The van der Waals surface area contributed by atoms with Crippen LogP contribution < -0.4 is 10.1 Å². The van der Waals surface area contributed by atoms with Crippen LogP contribution in [0.1, 0.15) is 10.4 Å². The number of benzene rings is 2. The maximum atomic E-state index is 12.4. The molecule has 1 aromatic heterocycles. The number of nitrogens with one attached hydrogen (secondary N) is 1. The highest BCUT2D eigenvalue weighted by Crippen LogP contribution is 2.20. The van der Waals surface area contributed by atoms with Crippen LogP contribution in [0.3, 0.4) is 0 Å². The number of carbonyl (C=O) groups excluding carboxylic acids is 1. The van der Waals surface area contributed by atoms with Crippen LogP contribution in [-0.2, 0) is 0 Å². The second kappa shape index (κ2) is 7.14. The molecule has 1 N–H and O–H groups in total. The fraction of sp³-hybridized carbons (Fsp3) is 0.125. The van der Waals surface area contributed by atoms with Gasteiger partial charge >= 0.3 is 0 Å². The molecule has 3 rings (SSSR count). The molecule has 0 aliphatic carbocycles. The molecule has 0 bridgehead atoms. The summed E-state index contributed by atoms with van der Waals surface area (Å²) >= 11 is 1.44. The van der Waals surface area contributed by atoms with Gasteiger partial charge in [0.1, 0.15) is 5.75 Å². The summed E-state index contributed by atoms with van der Waals surface area (Å²) < 4.78 is 6.76. The predicted molar refractivity (Wildman–Crippen MR) is 91.9 cm³/mol. The molecule has 0 radical (unpaired) electrons. The van der Waals surface area contributed by atoms with Crippen molar-refractivity contribution in [2.75, 3.05) is 18.7 Å². The number of nitrogens with zero attached hydrogens (tertiary/aromatic N) is 4. The number of ether oxygens (including phenoxy) is 1. The molecule has 122 valence electrons. The third-order valence-corrected chi connectivity index (χ3v) is 3.92. The number of hydrogen-bond donors (Lipinski definition) is 1. The maximum Gasteiger partial charge on any atom is 0.255 e. The Kier molecular flexibility index (Phi) is 4.76. The van der Waals surface area contributed by atoms with Crippen LogP contribution in [0.25, 0.3) is 5.69 Å². The first-order valence-corrected chi connectivity index (χ1v) is 8.32. The molecule has 0 aliphatic rings. The number of methoxy groups -OCH3 is 1. The summed E-state index contributed by atoms with van der Waals surface area (Å²) in [5.41, 5.74) is 1.95. The summed E-state index contributed by atoms with van der Waals surface area (Å²) in [6.07, 6.45) is 1.90. The number of tetrazole rings is 1. The topological polar surface area (TPSA) is 81.9 Å². The summed E-state index contributed by atoms with van der Waals surface area (Å²) in [6.45, 7) is 0. The van der Waals surface area contributed by atoms with Crippen LogP contribution in [0.5, 0.6) is 5.75 Å². The lowest BCUT2D eigenvalue weighted by molar-refractivity contribution is 0.102. The number of anilines is 1. The monoisotopic (exact) mass is 341 g/mol. The Bertz CT molecular complexity index is 865. The van der Waals surface area contributed by atoms with Gasteiger partial charge < -0.3 is 10.1 Å². The van der Waals surface area contributed by atoms with Crippen molar-refractivity contribution < 1.29 is 9.53 Å². The lowest BCUT2D eigenvalue weighted by Gasteiger charge is -2.09. The molecule has 0 unspecified atom stereocenters. The van der Waals surface area contributed by atoms with Gasteiger partial charge in [-0.25, -0.2) is 0 Å². The fourth-order valence-electron chi connectivity index (χ4n) is 2.15. The zero-order valence-corrected chi connectivity index (χ0v) is 13.9. The van der Waals surface area contributed by atoms with Gasteiger partial charge in [0.25, 0.3) is 5.91 Å². The normalized spacial score (nSPS) is 10.4. The summed E-state index contributed by atoms with van der Waals surface area (Å²) in [6, 6.07) is 14.3. The second-order valence-corrected chi connectivity index (χ2v) is 5.59. The average Bonchev–Trinajstić information content (AvgIpc) is 3.11. The number of aromatic nitrogens is 4. The maximum absolute atomic E-state index is 12.4. The number of amides is 1. The smallest absolute Gasteiger partial charge is 0.255 e. The minimum Gasteiger partial charge on any atom is -0.497 e. The molecule has 0 saturated carbocycles. The Morgan fingerprint density at radius 2 is 2.04 bits per heavy atom. The van der Waals surface area contributed by atoms with Crippen LogP contribution in [-0.4, -0.2) is 39.5 Å². The number of rotatable bonds is 5. The minimum atomic E-state index is -0.215. The molecule has 1 heterocycles. The Balaban J connectivity index is 1.83. The third kappa shape index (κ3) is 3.38. The van der Waals surface area contributed by atoms with Gasteiger partial charge in [-0.3, -0.25) is 4.79 Å². The van der Waals surface area contributed by atoms with E-state index in [4.69, 9.17) is 4.74 Å². The molecule has 0 saturated heterocycles. The van der Waals surface area contributed by atoms with E-state index in [-0.39, 0.29) is 5.91 Å². The molecule has 3 aromatic rings. The van der Waals surface area contributed by atoms with E-state index in [2.05, 4.69) is 20.8 Å². The highest BCUT2D eigenvalue weighted by molar-refractivity contribution is 7.98. The molecular formula is C16H15N5O2S. The quantitative estimate of drug-likeness (QED) is 0.719. The molecule has 7 nitrogen and oxygen atoms in total. The van der Waals surface area contributed by atoms with Crippen molar-refractivity contribution in [1.82, 2.24) is 20.2 Å². The van der Waals surface area contributed by atoms with Gasteiger partial charge in [0.15, 0.2) is 0 Å². The lowest BCUT2D eigenvalue weighted by Crippen LogP contribution is -2.12. The lowest BCUT2D eigenvalue weighted by atomic mass is 10.2. The molecule has 2 aromatic carbocycles. The standard InChI is InChI=1S/C16H15N5O2S/c1-23-14-8-3-5-11(9-14)15(22)17-12-6-4-7-13(10-12)21-16(24-2)18-19-20-21/h3-10H,1-2H3,(H,17,22). The number of carbonyl (C=O) groups is 1. The van der Waals surface area contributed by atoms with Gasteiger partial charge in [-0.2, -0.15) is 4.68 Å². The Labute approximate surface area is 143 Å². The van der Waals surface area contributed by atoms with Crippen molar-refractivity contribution in [3.05, 3.63) is 54.1 Å². The first-order chi connectivity index (χ1) is 11.7. The van der Waals surface area contributed by atoms with Crippen LogP contribution >= 0.6 is 11.8 Å². The molecule has 0 atom stereocenters. The van der Waals surface area contributed by atoms with Crippen LogP contribution in [0.15, 0.2) is 53.7 Å². The van der Waals surface area contributed by atoms with Crippen molar-refractivity contribution in [1.29, 1.82) is 0 Å². The zero-order valence-electron chi connectivity index (χ0n) is 13.1. The van der Waals surface area contributed by atoms with Gasteiger partial charge in [-0.15, -0.1) is 5.10 Å². The molecule has 24 heavy (non-hydrogen) atoms. The Morgan fingerprint density at radius 1 is 1.21 bits per heavy atom. The summed E-state index contributed by atoms with van der Waals surface area (Å²) in [5, 5.41) is 15.1. The van der Waals surface area contributed by atoms with E-state index >= 15 is 0 Å². The van der Waals surface area contributed by atoms with Gasteiger partial charge in [0.2, 0.25) is 5.16 Å². The van der Waals surface area contributed by atoms with E-state index in [0.29, 0.717) is 22.2 Å². The number of hydrogen-bond acceptors (Lipinski definition) is 6. The van der Waals surface area contributed by atoms with Crippen LogP contribution in [0.2, 0.25) is 0 Å². The van der Waals surface area contributed by atoms with Crippen molar-refractivity contribution in [3.8, 4) is 11.4 Å². The molecule has 1 amide bonds. The van der Waals surface area contributed by atoms with E-state index in [1.54, 1.807) is 36.1 Å². The van der Waals surface area contributed by atoms with E-state index in [0.717, 1.165) is 5.69 Å². The highest BCUT2D eigenvalue weighted by Gasteiger charge is 2.10. The van der Waals surface area contributed by atoms with E-state index in [1.807, 2.05) is 30.5 Å². The van der Waals surface area contributed by atoms with Crippen molar-refractivity contribution in [3.63, 3.8) is 0 Å². The van der Waals surface area contributed by atoms with Crippen LogP contribution in [0, 0.1) is 0 Å². The fourth-order valence-corrected chi connectivity index (χ4v) is 2.58. The average molecular weight is 341 g/mol. The van der Waals surface area contributed by atoms with Crippen molar-refractivity contribution in [2.24, 2.45) is 0 Å². The highest BCUT2D eigenvalue weighted by atomic mass is 32.2. The van der Waals surface area contributed by atoms with Crippen molar-refractivity contribution in [2.45, 2.75) is 5.16 Å². The molecule has 0 aliphatic heterocycles. The minimum absolute atomic E-state index is 0.215. The van der Waals surface area contributed by atoms with Gasteiger partial charge in [-0.05, 0) is 53.1 Å². The molecular weight excluding hydrogens is 326 g/mol. The van der Waals surface area contributed by atoms with E-state index in [9.17, 15) is 4.79 Å². The molecule has 8 heteroatoms. The van der Waals surface area contributed by atoms with Crippen molar-refractivity contribution >= 4 is 23.4 Å². The van der Waals surface area contributed by atoms with Crippen LogP contribution in [0.4, 0.5) is 5.69 Å². The zero-order chi connectivity index (χ0) is 16.9. The Hall–Kier alpha value is -2.87. The summed E-state index contributed by atoms with van der Waals surface area (Å²) in [7, 11) is 1.57. The third-order valence-electron chi connectivity index (χ3n) is 3.30. The summed E-state index contributed by atoms with van der Waals surface area (Å²) in [4.78, 5) is 12.4. The van der Waals surface area contributed by atoms with Gasteiger partial charge in [-0.1, -0.05) is 23.9 Å².